The molecule has 1 aromatic rings. The lowest BCUT2D eigenvalue weighted by molar-refractivity contribution is -0.0885. The predicted molar refractivity (Wildman–Crippen MR) is 62.3 cm³/mol. The second-order valence-electron chi connectivity index (χ2n) is 2.45. The zero-order valence-corrected chi connectivity index (χ0v) is 10.8. The zero-order chi connectivity index (χ0) is 10.9. The minimum Gasteiger partial charge on any atom is -0.284 e. The second-order valence-corrected chi connectivity index (χ2v) is 4.86. The van der Waals surface area contributed by atoms with Crippen molar-refractivity contribution in [1.82, 2.24) is 0 Å². The molecule has 0 N–H and O–H groups in total. The Morgan fingerprint density at radius 3 is 2.29 bits per heavy atom. The van der Waals surface area contributed by atoms with Crippen LogP contribution in [0.15, 0.2) is 18.2 Å². The normalized spacial score (nSPS) is 11.5. The molecule has 14 heavy (non-hydrogen) atoms. The quantitative estimate of drug-likeness (QED) is 0.496. The molecule has 0 amide bonds. The molecule has 6 heteroatoms. The summed E-state index contributed by atoms with van der Waals surface area (Å²) in [5, 5.41) is 0. The highest BCUT2D eigenvalue weighted by Gasteiger charge is 2.40. The molecule has 76 valence electrons. The molecule has 0 spiro atoms. The van der Waals surface area contributed by atoms with Gasteiger partial charge < -0.3 is 0 Å². The summed E-state index contributed by atoms with van der Waals surface area (Å²) in [6.45, 7) is 0. The summed E-state index contributed by atoms with van der Waals surface area (Å²) in [5.74, 6) is -1.79. The van der Waals surface area contributed by atoms with Crippen LogP contribution in [0.2, 0.25) is 0 Å². The third-order valence-corrected chi connectivity index (χ3v) is 3.04. The topological polar surface area (TPSA) is 17.1 Å². The third kappa shape index (κ3) is 2.81. The van der Waals surface area contributed by atoms with Crippen LogP contribution >= 0.6 is 45.2 Å². The van der Waals surface area contributed by atoms with Crippen LogP contribution in [-0.2, 0) is 0 Å². The number of alkyl halides is 3. The number of benzene rings is 1. The molecule has 0 aliphatic heterocycles. The molecule has 0 saturated carbocycles. The number of carbonyl (C=O) groups is 1. The summed E-state index contributed by atoms with van der Waals surface area (Å²) in [5.41, 5.74) is -0.287. The van der Waals surface area contributed by atoms with Crippen LogP contribution in [0.5, 0.6) is 0 Å². The Morgan fingerprint density at radius 1 is 1.21 bits per heavy atom. The van der Waals surface area contributed by atoms with Gasteiger partial charge in [-0.15, -0.1) is 0 Å². The number of hydrogen-bond acceptors (Lipinski definition) is 1. The number of hydrogen-bond donors (Lipinski definition) is 0. The molecule has 0 aliphatic rings. The fraction of sp³-hybridized carbons (Fsp3) is 0.125. The van der Waals surface area contributed by atoms with Gasteiger partial charge >= 0.3 is 6.18 Å². The van der Waals surface area contributed by atoms with Gasteiger partial charge in [-0.2, -0.15) is 13.2 Å². The molecule has 0 aliphatic carbocycles. The van der Waals surface area contributed by atoms with Crippen LogP contribution in [0.4, 0.5) is 13.2 Å². The van der Waals surface area contributed by atoms with Gasteiger partial charge in [-0.3, -0.25) is 4.79 Å². The number of ketones is 1. The Balaban J connectivity index is 3.19. The van der Waals surface area contributed by atoms with E-state index in [-0.39, 0.29) is 5.56 Å². The Kier molecular flexibility index (Phi) is 3.78. The van der Waals surface area contributed by atoms with E-state index in [0.717, 1.165) is 0 Å². The molecule has 0 atom stereocenters. The standard InChI is InChI=1S/C8H3F3I2O/c9-8(10,11)7(14)5-3-4(12)1-2-6(5)13/h1-3H. The van der Waals surface area contributed by atoms with Crippen molar-refractivity contribution in [3.63, 3.8) is 0 Å². The van der Waals surface area contributed by atoms with Crippen molar-refractivity contribution in [1.29, 1.82) is 0 Å². The SMILES string of the molecule is O=C(c1cc(I)ccc1I)C(F)(F)F. The van der Waals surface area contributed by atoms with Crippen LogP contribution in [0.1, 0.15) is 10.4 Å². The lowest BCUT2D eigenvalue weighted by Gasteiger charge is -2.07. The molecule has 1 aromatic carbocycles. The molecule has 0 aromatic heterocycles. The maximum atomic E-state index is 12.1. The molecule has 0 unspecified atom stereocenters. The Labute approximate surface area is 105 Å². The Bertz CT molecular complexity index is 373. The Morgan fingerprint density at radius 2 is 1.79 bits per heavy atom. The van der Waals surface area contributed by atoms with Crippen molar-refractivity contribution in [2.24, 2.45) is 0 Å². The summed E-state index contributed by atoms with van der Waals surface area (Å²) in [4.78, 5) is 10.9. The number of carbonyl (C=O) groups excluding carboxylic acids is 1. The van der Waals surface area contributed by atoms with Crippen molar-refractivity contribution in [2.75, 3.05) is 0 Å². The first kappa shape index (κ1) is 12.2. The van der Waals surface area contributed by atoms with E-state index in [2.05, 4.69) is 0 Å². The molecule has 0 radical (unpaired) electrons. The van der Waals surface area contributed by atoms with Crippen molar-refractivity contribution < 1.29 is 18.0 Å². The van der Waals surface area contributed by atoms with Crippen molar-refractivity contribution in [3.8, 4) is 0 Å². The van der Waals surface area contributed by atoms with Gasteiger partial charge in [0.15, 0.2) is 0 Å². The van der Waals surface area contributed by atoms with E-state index < -0.39 is 12.0 Å². The third-order valence-electron chi connectivity index (χ3n) is 1.43. The summed E-state index contributed by atoms with van der Waals surface area (Å²) >= 11 is 3.57. The van der Waals surface area contributed by atoms with Gasteiger partial charge in [-0.1, -0.05) is 0 Å². The van der Waals surface area contributed by atoms with Crippen molar-refractivity contribution >= 4 is 51.0 Å². The lowest BCUT2D eigenvalue weighted by atomic mass is 10.1. The predicted octanol–water partition coefficient (Wildman–Crippen LogP) is 3.64. The van der Waals surface area contributed by atoms with Gasteiger partial charge in [0.05, 0.1) is 0 Å². The van der Waals surface area contributed by atoms with Crippen molar-refractivity contribution in [2.45, 2.75) is 6.18 Å². The van der Waals surface area contributed by atoms with E-state index in [1.807, 2.05) is 22.6 Å². The van der Waals surface area contributed by atoms with E-state index in [9.17, 15) is 18.0 Å². The molecule has 1 nitrogen and oxygen atoms in total. The maximum Gasteiger partial charge on any atom is 0.454 e. The fourth-order valence-corrected chi connectivity index (χ4v) is 1.90. The smallest absolute Gasteiger partial charge is 0.284 e. The van der Waals surface area contributed by atoms with E-state index >= 15 is 0 Å². The molecule has 1 rings (SSSR count). The monoisotopic (exact) mass is 426 g/mol. The molecular weight excluding hydrogens is 423 g/mol. The first-order chi connectivity index (χ1) is 6.32. The average molecular weight is 426 g/mol. The van der Waals surface area contributed by atoms with Gasteiger partial charge in [-0.05, 0) is 63.4 Å². The number of Topliss-reactive ketones (excluding diaryl/α,β-unsaturated/α-hetero) is 1. The first-order valence-corrected chi connectivity index (χ1v) is 5.54. The van der Waals surface area contributed by atoms with E-state index in [1.54, 1.807) is 28.7 Å². The number of rotatable bonds is 1. The summed E-state index contributed by atoms with van der Waals surface area (Å²) in [7, 11) is 0. The molecule has 0 saturated heterocycles. The van der Waals surface area contributed by atoms with E-state index in [1.165, 1.54) is 12.1 Å². The fourth-order valence-electron chi connectivity index (χ4n) is 0.824. The Hall–Kier alpha value is 0.140. The van der Waals surface area contributed by atoms with Gasteiger partial charge in [0.1, 0.15) is 0 Å². The van der Waals surface area contributed by atoms with Crippen LogP contribution in [0.25, 0.3) is 0 Å². The van der Waals surface area contributed by atoms with Crippen LogP contribution < -0.4 is 0 Å². The zero-order valence-electron chi connectivity index (χ0n) is 6.53. The largest absolute Gasteiger partial charge is 0.454 e. The minimum absolute atomic E-state index is 0.287. The van der Waals surface area contributed by atoms with E-state index in [4.69, 9.17) is 0 Å². The lowest BCUT2D eigenvalue weighted by Crippen LogP contribution is -2.23. The van der Waals surface area contributed by atoms with Gasteiger partial charge in [0.25, 0.3) is 5.78 Å². The van der Waals surface area contributed by atoms with Crippen LogP contribution in [-0.4, -0.2) is 12.0 Å². The molecule has 0 fully saturated rings. The summed E-state index contributed by atoms with van der Waals surface area (Å²) in [6.07, 6.45) is -4.80. The van der Waals surface area contributed by atoms with Gasteiger partial charge in [0.2, 0.25) is 0 Å². The molecule has 0 heterocycles. The highest BCUT2D eigenvalue weighted by atomic mass is 127. The van der Waals surface area contributed by atoms with Gasteiger partial charge in [0, 0.05) is 12.7 Å². The number of halogens is 5. The molecular formula is C8H3F3I2O. The minimum atomic E-state index is -4.80. The second kappa shape index (κ2) is 4.33. The average Bonchev–Trinajstić information content (AvgIpc) is 2.06. The van der Waals surface area contributed by atoms with E-state index in [0.29, 0.717) is 7.14 Å². The van der Waals surface area contributed by atoms with Crippen LogP contribution in [0.3, 0.4) is 0 Å². The summed E-state index contributed by atoms with van der Waals surface area (Å²) in [6, 6.07) is 4.37. The highest BCUT2D eigenvalue weighted by Crippen LogP contribution is 2.25. The van der Waals surface area contributed by atoms with Gasteiger partial charge in [-0.25, -0.2) is 0 Å². The maximum absolute atomic E-state index is 12.1. The highest BCUT2D eigenvalue weighted by molar-refractivity contribution is 14.1. The summed E-state index contributed by atoms with van der Waals surface area (Å²) < 4.78 is 37.2. The van der Waals surface area contributed by atoms with Crippen molar-refractivity contribution in [3.05, 3.63) is 30.9 Å². The molecule has 0 bridgehead atoms. The first-order valence-electron chi connectivity index (χ1n) is 3.39. The van der Waals surface area contributed by atoms with Crippen LogP contribution in [0, 0.1) is 7.14 Å².